The van der Waals surface area contributed by atoms with Crippen LogP contribution in [0.25, 0.3) is 0 Å². The van der Waals surface area contributed by atoms with Crippen LogP contribution in [0.3, 0.4) is 0 Å². The van der Waals surface area contributed by atoms with Crippen LogP contribution in [0, 0.1) is 11.8 Å². The van der Waals surface area contributed by atoms with E-state index in [0.717, 1.165) is 58.3 Å². The van der Waals surface area contributed by atoms with Gasteiger partial charge in [0.05, 0.1) is 6.04 Å². The Balaban J connectivity index is 1.36. The third-order valence-electron chi connectivity index (χ3n) is 5.90. The van der Waals surface area contributed by atoms with Gasteiger partial charge in [0.25, 0.3) is 0 Å². The van der Waals surface area contributed by atoms with Crippen molar-refractivity contribution in [1.82, 2.24) is 20.0 Å². The first-order valence-electron chi connectivity index (χ1n) is 9.69. The first-order chi connectivity index (χ1) is 12.1. The average Bonchev–Trinajstić information content (AvgIpc) is 3.24. The number of fused-ring (bicyclic) bond motifs is 1. The molecule has 3 rings (SSSR count). The molecular formula is C19H32N4O2. The molecule has 0 spiro atoms. The second-order valence-corrected chi connectivity index (χ2v) is 7.88. The predicted molar refractivity (Wildman–Crippen MR) is 98.2 cm³/mol. The van der Waals surface area contributed by atoms with E-state index >= 15 is 0 Å². The number of hydrogen-bond donors (Lipinski definition) is 1. The van der Waals surface area contributed by atoms with E-state index in [1.807, 2.05) is 19.0 Å². The molecule has 3 atom stereocenters. The number of likely N-dealkylation sites (tertiary alicyclic amines) is 2. The molecule has 3 unspecified atom stereocenters. The fraction of sp³-hybridized carbons (Fsp3) is 0.789. The molecule has 140 valence electrons. The van der Waals surface area contributed by atoms with Crippen LogP contribution in [0.2, 0.25) is 0 Å². The minimum atomic E-state index is 0.0277. The molecule has 25 heavy (non-hydrogen) atoms. The van der Waals surface area contributed by atoms with Gasteiger partial charge in [-0.1, -0.05) is 12.2 Å². The van der Waals surface area contributed by atoms with Crippen molar-refractivity contribution in [3.63, 3.8) is 0 Å². The van der Waals surface area contributed by atoms with Crippen molar-refractivity contribution in [2.75, 3.05) is 46.8 Å². The number of urea groups is 1. The van der Waals surface area contributed by atoms with E-state index < -0.39 is 0 Å². The van der Waals surface area contributed by atoms with Crippen LogP contribution in [0.15, 0.2) is 12.2 Å². The number of nitrogens with one attached hydrogen (secondary N) is 1. The highest BCUT2D eigenvalue weighted by molar-refractivity contribution is 5.81. The molecule has 0 aromatic carbocycles. The van der Waals surface area contributed by atoms with E-state index in [0.29, 0.717) is 18.4 Å². The first-order valence-corrected chi connectivity index (χ1v) is 9.69. The van der Waals surface area contributed by atoms with Crippen molar-refractivity contribution in [3.8, 4) is 0 Å². The van der Waals surface area contributed by atoms with Gasteiger partial charge in [0.15, 0.2) is 0 Å². The van der Waals surface area contributed by atoms with Gasteiger partial charge < -0.3 is 15.1 Å². The number of rotatable bonds is 5. The zero-order valence-electron chi connectivity index (χ0n) is 15.6. The zero-order chi connectivity index (χ0) is 17.8. The van der Waals surface area contributed by atoms with Crippen molar-refractivity contribution < 1.29 is 9.59 Å². The number of amides is 3. The number of allylic oxidation sites excluding steroid dienone is 2. The van der Waals surface area contributed by atoms with Gasteiger partial charge in [-0.05, 0) is 50.5 Å². The van der Waals surface area contributed by atoms with E-state index in [1.165, 1.54) is 0 Å². The fourth-order valence-corrected chi connectivity index (χ4v) is 4.44. The molecule has 6 nitrogen and oxygen atoms in total. The van der Waals surface area contributed by atoms with Crippen molar-refractivity contribution in [2.45, 2.75) is 38.1 Å². The van der Waals surface area contributed by atoms with Crippen molar-refractivity contribution >= 4 is 11.9 Å². The van der Waals surface area contributed by atoms with Crippen LogP contribution < -0.4 is 5.32 Å². The van der Waals surface area contributed by atoms with Gasteiger partial charge in [-0.2, -0.15) is 0 Å². The van der Waals surface area contributed by atoms with E-state index in [1.54, 1.807) is 4.90 Å². The number of hydrogen-bond acceptors (Lipinski definition) is 3. The average molecular weight is 348 g/mol. The van der Waals surface area contributed by atoms with E-state index in [9.17, 15) is 9.59 Å². The number of likely N-dealkylation sites (N-methyl/N-ethyl adjacent to an activating group) is 1. The predicted octanol–water partition coefficient (Wildman–Crippen LogP) is 1.54. The summed E-state index contributed by atoms with van der Waals surface area (Å²) in [6, 6.07) is 0.108. The Hall–Kier alpha value is -1.56. The third kappa shape index (κ3) is 4.35. The summed E-state index contributed by atoms with van der Waals surface area (Å²) in [5.41, 5.74) is 0. The lowest BCUT2D eigenvalue weighted by molar-refractivity contribution is -0.133. The van der Waals surface area contributed by atoms with Gasteiger partial charge in [0.2, 0.25) is 5.91 Å². The monoisotopic (exact) mass is 348 g/mol. The van der Waals surface area contributed by atoms with Crippen LogP contribution in [-0.4, -0.2) is 79.5 Å². The van der Waals surface area contributed by atoms with Crippen LogP contribution in [-0.2, 0) is 4.79 Å². The molecule has 1 aliphatic carbocycles. The standard InChI is InChI=1S/C19H32N4O2/c1-21(2)18(24)17-9-5-11-22(17)12-6-10-20-19(25)23-13-15-7-3-4-8-16(15)14-23/h3-4,15-17H,5-14H2,1-2H3,(H,20,25). The van der Waals surface area contributed by atoms with Gasteiger partial charge in [-0.3, -0.25) is 9.69 Å². The molecule has 0 saturated carbocycles. The molecule has 3 aliphatic rings. The first kappa shape index (κ1) is 18.2. The molecule has 2 aliphatic heterocycles. The molecule has 0 aromatic rings. The molecule has 1 N–H and O–H groups in total. The Morgan fingerprint density at radius 3 is 2.48 bits per heavy atom. The van der Waals surface area contributed by atoms with Crippen LogP contribution in [0.4, 0.5) is 4.79 Å². The summed E-state index contributed by atoms with van der Waals surface area (Å²) >= 11 is 0. The normalized spacial score (nSPS) is 28.9. The highest BCUT2D eigenvalue weighted by Crippen LogP contribution is 2.32. The lowest BCUT2D eigenvalue weighted by Gasteiger charge is -2.26. The van der Waals surface area contributed by atoms with Crippen LogP contribution in [0.5, 0.6) is 0 Å². The summed E-state index contributed by atoms with van der Waals surface area (Å²) in [5.74, 6) is 1.51. The third-order valence-corrected chi connectivity index (χ3v) is 5.90. The Morgan fingerprint density at radius 1 is 1.16 bits per heavy atom. The van der Waals surface area contributed by atoms with Crippen molar-refractivity contribution in [2.24, 2.45) is 11.8 Å². The maximum atomic E-state index is 12.4. The number of carbonyl (C=O) groups excluding carboxylic acids is 2. The summed E-state index contributed by atoms with van der Waals surface area (Å²) in [6.45, 7) is 4.33. The van der Waals surface area contributed by atoms with Crippen molar-refractivity contribution in [3.05, 3.63) is 12.2 Å². The Bertz CT molecular complexity index is 504. The second-order valence-electron chi connectivity index (χ2n) is 7.88. The maximum Gasteiger partial charge on any atom is 0.317 e. The summed E-state index contributed by atoms with van der Waals surface area (Å²) in [4.78, 5) is 30.5. The van der Waals surface area contributed by atoms with Gasteiger partial charge in [0, 0.05) is 40.3 Å². The van der Waals surface area contributed by atoms with Crippen LogP contribution >= 0.6 is 0 Å². The van der Waals surface area contributed by atoms with Gasteiger partial charge in [-0.25, -0.2) is 4.79 Å². The topological polar surface area (TPSA) is 55.9 Å². The fourth-order valence-electron chi connectivity index (χ4n) is 4.44. The minimum Gasteiger partial charge on any atom is -0.347 e. The molecule has 2 heterocycles. The van der Waals surface area contributed by atoms with E-state index in [-0.39, 0.29) is 18.0 Å². The minimum absolute atomic E-state index is 0.0277. The Morgan fingerprint density at radius 2 is 1.84 bits per heavy atom. The quantitative estimate of drug-likeness (QED) is 0.606. The summed E-state index contributed by atoms with van der Waals surface area (Å²) < 4.78 is 0. The van der Waals surface area contributed by atoms with Gasteiger partial charge in [0.1, 0.15) is 0 Å². The van der Waals surface area contributed by atoms with Crippen molar-refractivity contribution in [1.29, 1.82) is 0 Å². The molecule has 0 aromatic heterocycles. The molecular weight excluding hydrogens is 316 g/mol. The lowest BCUT2D eigenvalue weighted by Crippen LogP contribution is -2.44. The van der Waals surface area contributed by atoms with E-state index in [2.05, 4.69) is 22.4 Å². The number of nitrogens with zero attached hydrogens (tertiary/aromatic N) is 3. The lowest BCUT2D eigenvalue weighted by atomic mass is 9.86. The second kappa shape index (κ2) is 8.21. The molecule has 0 radical (unpaired) electrons. The highest BCUT2D eigenvalue weighted by atomic mass is 16.2. The molecule has 0 bridgehead atoms. The smallest absolute Gasteiger partial charge is 0.317 e. The zero-order valence-corrected chi connectivity index (χ0v) is 15.6. The SMILES string of the molecule is CN(C)C(=O)C1CCCN1CCCNC(=O)N1CC2CC=CCC2C1. The molecule has 2 saturated heterocycles. The van der Waals surface area contributed by atoms with Crippen LogP contribution in [0.1, 0.15) is 32.1 Å². The van der Waals surface area contributed by atoms with E-state index in [4.69, 9.17) is 0 Å². The summed E-state index contributed by atoms with van der Waals surface area (Å²) in [6.07, 6.45) is 9.67. The Labute approximate surface area is 151 Å². The van der Waals surface area contributed by atoms with Gasteiger partial charge >= 0.3 is 6.03 Å². The maximum absolute atomic E-state index is 12.4. The largest absolute Gasteiger partial charge is 0.347 e. The van der Waals surface area contributed by atoms with Gasteiger partial charge in [-0.15, -0.1) is 0 Å². The summed E-state index contributed by atoms with van der Waals surface area (Å²) in [5, 5.41) is 3.07. The highest BCUT2D eigenvalue weighted by Gasteiger charge is 2.35. The molecule has 2 fully saturated rings. The summed E-state index contributed by atoms with van der Waals surface area (Å²) in [7, 11) is 3.64. The number of carbonyl (C=O) groups is 2. The Kier molecular flexibility index (Phi) is 5.99. The molecule has 6 heteroatoms. The molecule has 3 amide bonds.